The van der Waals surface area contributed by atoms with Crippen LogP contribution in [0.2, 0.25) is 5.15 Å². The lowest BCUT2D eigenvalue weighted by atomic mass is 10.1. The molecule has 1 amide bonds. The Balaban J connectivity index is 1.76. The molecule has 1 aromatic carbocycles. The maximum atomic E-state index is 12.2. The highest BCUT2D eigenvalue weighted by Gasteiger charge is 2.24. The van der Waals surface area contributed by atoms with E-state index in [0.29, 0.717) is 11.0 Å². The van der Waals surface area contributed by atoms with Crippen molar-refractivity contribution in [2.24, 2.45) is 5.92 Å². The van der Waals surface area contributed by atoms with E-state index < -0.39 is 10.0 Å². The number of carbonyl (C=O) groups excluding carboxylic acids is 1. The molecule has 22 heavy (non-hydrogen) atoms. The van der Waals surface area contributed by atoms with Gasteiger partial charge in [-0.2, -0.15) is 0 Å². The SMILES string of the molecule is O=C(NNS(=O)(=O)c1ccc2onc(Cl)c2c1)C1CCCC1. The van der Waals surface area contributed by atoms with E-state index in [9.17, 15) is 13.2 Å². The van der Waals surface area contributed by atoms with Crippen LogP contribution in [0, 0.1) is 5.92 Å². The number of benzene rings is 1. The molecule has 0 aliphatic heterocycles. The number of hydrogen-bond acceptors (Lipinski definition) is 5. The Bertz CT molecular complexity index is 812. The number of hydrogen-bond donors (Lipinski definition) is 2. The number of halogens is 1. The molecule has 1 heterocycles. The number of aromatic nitrogens is 1. The number of amides is 1. The lowest BCUT2D eigenvalue weighted by molar-refractivity contribution is -0.125. The fraction of sp³-hybridized carbons (Fsp3) is 0.385. The Morgan fingerprint density at radius 2 is 2.05 bits per heavy atom. The summed E-state index contributed by atoms with van der Waals surface area (Å²) in [6, 6.07) is 4.16. The van der Waals surface area contributed by atoms with Crippen molar-refractivity contribution in [1.29, 1.82) is 0 Å². The number of rotatable bonds is 4. The van der Waals surface area contributed by atoms with Crippen molar-refractivity contribution in [1.82, 2.24) is 15.4 Å². The van der Waals surface area contributed by atoms with Gasteiger partial charge in [0, 0.05) is 5.92 Å². The normalized spacial score (nSPS) is 16.2. The summed E-state index contributed by atoms with van der Waals surface area (Å²) in [6.45, 7) is 0. The lowest BCUT2D eigenvalue weighted by Crippen LogP contribution is -2.43. The monoisotopic (exact) mass is 343 g/mol. The Morgan fingerprint density at radius 1 is 1.32 bits per heavy atom. The van der Waals surface area contributed by atoms with Crippen LogP contribution < -0.4 is 10.3 Å². The largest absolute Gasteiger partial charge is 0.355 e. The predicted molar refractivity (Wildman–Crippen MR) is 79.4 cm³/mol. The molecule has 1 aliphatic rings. The van der Waals surface area contributed by atoms with Gasteiger partial charge in [-0.05, 0) is 31.0 Å². The number of fused-ring (bicyclic) bond motifs is 1. The quantitative estimate of drug-likeness (QED) is 0.826. The van der Waals surface area contributed by atoms with Gasteiger partial charge >= 0.3 is 0 Å². The van der Waals surface area contributed by atoms with Crippen LogP contribution in [-0.4, -0.2) is 19.5 Å². The molecule has 1 fully saturated rings. The summed E-state index contributed by atoms with van der Waals surface area (Å²) >= 11 is 5.82. The molecule has 1 aliphatic carbocycles. The average Bonchev–Trinajstić information content (AvgIpc) is 3.15. The highest BCUT2D eigenvalue weighted by Crippen LogP contribution is 2.26. The molecular formula is C13H14ClN3O4S. The zero-order chi connectivity index (χ0) is 15.7. The molecule has 2 N–H and O–H groups in total. The molecule has 9 heteroatoms. The van der Waals surface area contributed by atoms with Gasteiger partial charge in [0.25, 0.3) is 10.0 Å². The van der Waals surface area contributed by atoms with Crippen LogP contribution in [0.15, 0.2) is 27.6 Å². The first kappa shape index (κ1) is 15.3. The summed E-state index contributed by atoms with van der Waals surface area (Å²) in [4.78, 5) is 13.9. The Labute approximate surface area is 132 Å². The number of nitrogens with one attached hydrogen (secondary N) is 2. The van der Waals surface area contributed by atoms with E-state index in [1.807, 2.05) is 0 Å². The molecular weight excluding hydrogens is 330 g/mol. The summed E-state index contributed by atoms with van der Waals surface area (Å²) in [5, 5.41) is 4.03. The first-order chi connectivity index (χ1) is 10.5. The molecule has 118 valence electrons. The fourth-order valence-corrected chi connectivity index (χ4v) is 3.58. The van der Waals surface area contributed by atoms with Crippen LogP contribution in [0.25, 0.3) is 11.0 Å². The first-order valence-electron chi connectivity index (χ1n) is 6.84. The second-order valence-electron chi connectivity index (χ2n) is 5.21. The van der Waals surface area contributed by atoms with Crippen LogP contribution in [0.5, 0.6) is 0 Å². The smallest absolute Gasteiger partial charge is 0.257 e. The molecule has 0 unspecified atom stereocenters. The third kappa shape index (κ3) is 2.94. The molecule has 1 aromatic heterocycles. The second kappa shape index (κ2) is 5.86. The third-order valence-electron chi connectivity index (χ3n) is 3.74. The van der Waals surface area contributed by atoms with Crippen LogP contribution in [-0.2, 0) is 14.8 Å². The maximum absolute atomic E-state index is 12.2. The van der Waals surface area contributed by atoms with Crippen molar-refractivity contribution in [3.05, 3.63) is 23.4 Å². The summed E-state index contributed by atoms with van der Waals surface area (Å²) in [7, 11) is -3.88. The second-order valence-corrected chi connectivity index (χ2v) is 7.25. The number of hydrazine groups is 1. The van der Waals surface area contributed by atoms with E-state index in [0.717, 1.165) is 25.7 Å². The summed E-state index contributed by atoms with van der Waals surface area (Å²) in [5.74, 6) is -0.428. The van der Waals surface area contributed by atoms with Crippen molar-refractivity contribution in [2.75, 3.05) is 0 Å². The number of carbonyl (C=O) groups is 1. The third-order valence-corrected chi connectivity index (χ3v) is 5.26. The van der Waals surface area contributed by atoms with Crippen LogP contribution in [0.1, 0.15) is 25.7 Å². The lowest BCUT2D eigenvalue weighted by Gasteiger charge is -2.11. The summed E-state index contributed by atoms with van der Waals surface area (Å²) in [5.41, 5.74) is 2.66. The van der Waals surface area contributed by atoms with Crippen molar-refractivity contribution < 1.29 is 17.7 Å². The van der Waals surface area contributed by atoms with Gasteiger partial charge in [-0.3, -0.25) is 10.2 Å². The zero-order valence-corrected chi connectivity index (χ0v) is 13.1. The minimum atomic E-state index is -3.88. The van der Waals surface area contributed by atoms with E-state index in [2.05, 4.69) is 15.4 Å². The van der Waals surface area contributed by atoms with Crippen molar-refractivity contribution >= 4 is 38.5 Å². The van der Waals surface area contributed by atoms with Gasteiger partial charge in [-0.15, -0.1) is 4.83 Å². The molecule has 3 rings (SSSR count). The highest BCUT2D eigenvalue weighted by molar-refractivity contribution is 7.89. The van der Waals surface area contributed by atoms with E-state index in [-0.39, 0.29) is 21.9 Å². The van der Waals surface area contributed by atoms with E-state index >= 15 is 0 Å². The van der Waals surface area contributed by atoms with Crippen LogP contribution in [0.3, 0.4) is 0 Å². The molecule has 2 aromatic rings. The minimum absolute atomic E-state index is 0.0307. The highest BCUT2D eigenvalue weighted by atomic mass is 35.5. The van der Waals surface area contributed by atoms with Gasteiger partial charge in [0.15, 0.2) is 10.7 Å². The molecule has 0 atom stereocenters. The van der Waals surface area contributed by atoms with E-state index in [1.54, 1.807) is 0 Å². The standard InChI is InChI=1S/C13H14ClN3O4S/c14-12-10-7-9(5-6-11(10)21-16-12)22(19,20)17-15-13(18)8-3-1-2-4-8/h5-8,17H,1-4H2,(H,15,18). The van der Waals surface area contributed by atoms with Gasteiger partial charge in [-0.1, -0.05) is 29.6 Å². The summed E-state index contributed by atoms with van der Waals surface area (Å²) < 4.78 is 29.3. The van der Waals surface area contributed by atoms with Gasteiger partial charge in [0.05, 0.1) is 10.3 Å². The molecule has 0 bridgehead atoms. The summed E-state index contributed by atoms with van der Waals surface area (Å²) in [6.07, 6.45) is 3.56. The average molecular weight is 344 g/mol. The van der Waals surface area contributed by atoms with Crippen LogP contribution >= 0.6 is 11.6 Å². The molecule has 7 nitrogen and oxygen atoms in total. The first-order valence-corrected chi connectivity index (χ1v) is 8.70. The Kier molecular flexibility index (Phi) is 4.07. The van der Waals surface area contributed by atoms with Crippen molar-refractivity contribution in [3.8, 4) is 0 Å². The number of nitrogens with zero attached hydrogens (tertiary/aromatic N) is 1. The van der Waals surface area contributed by atoms with Crippen LogP contribution in [0.4, 0.5) is 0 Å². The van der Waals surface area contributed by atoms with Crippen molar-refractivity contribution in [2.45, 2.75) is 30.6 Å². The Morgan fingerprint density at radius 3 is 2.77 bits per heavy atom. The van der Waals surface area contributed by atoms with Crippen molar-refractivity contribution in [3.63, 3.8) is 0 Å². The number of sulfonamides is 1. The molecule has 0 spiro atoms. The van der Waals surface area contributed by atoms with Gasteiger partial charge in [0.2, 0.25) is 5.91 Å². The topological polar surface area (TPSA) is 101 Å². The fourth-order valence-electron chi connectivity index (χ4n) is 2.52. The van der Waals surface area contributed by atoms with Gasteiger partial charge in [0.1, 0.15) is 0 Å². The zero-order valence-electron chi connectivity index (χ0n) is 11.5. The minimum Gasteiger partial charge on any atom is -0.355 e. The van der Waals surface area contributed by atoms with E-state index in [1.165, 1.54) is 18.2 Å². The molecule has 0 radical (unpaired) electrons. The maximum Gasteiger partial charge on any atom is 0.257 e. The molecule has 1 saturated carbocycles. The Hall–Kier alpha value is -1.64. The molecule has 0 saturated heterocycles. The van der Waals surface area contributed by atoms with Gasteiger partial charge < -0.3 is 4.52 Å². The van der Waals surface area contributed by atoms with E-state index in [4.69, 9.17) is 16.1 Å². The van der Waals surface area contributed by atoms with Gasteiger partial charge in [-0.25, -0.2) is 8.42 Å². The predicted octanol–water partition coefficient (Wildman–Crippen LogP) is 1.98.